The monoisotopic (exact) mass is 544 g/mol. The molecule has 0 saturated heterocycles. The van der Waals surface area contributed by atoms with Crippen LogP contribution in [0.1, 0.15) is 20.7 Å². The van der Waals surface area contributed by atoms with Crippen LogP contribution in [-0.4, -0.2) is 30.9 Å². The number of nitrogens with one attached hydrogen (secondary N) is 1. The van der Waals surface area contributed by atoms with E-state index in [0.29, 0.717) is 11.3 Å². The van der Waals surface area contributed by atoms with Crippen LogP contribution in [0, 0.1) is 0 Å². The molecule has 1 aliphatic rings. The first-order valence-corrected chi connectivity index (χ1v) is 11.3. The number of nitrogens with zero attached hydrogens (tertiary/aromatic N) is 1. The van der Waals surface area contributed by atoms with E-state index in [1.54, 1.807) is 0 Å². The van der Waals surface area contributed by atoms with E-state index in [0.717, 1.165) is 4.90 Å². The molecule has 0 atom stereocenters. The fourth-order valence-corrected chi connectivity index (χ4v) is 3.85. The van der Waals surface area contributed by atoms with Crippen LogP contribution in [0.15, 0.2) is 77.5 Å². The number of benzene rings is 3. The summed E-state index contributed by atoms with van der Waals surface area (Å²) in [6, 6.07) is 16.2. The van der Waals surface area contributed by atoms with Crippen molar-refractivity contribution < 1.29 is 28.7 Å². The van der Waals surface area contributed by atoms with Gasteiger partial charge in [0.05, 0.1) is 28.9 Å². The van der Waals surface area contributed by atoms with Gasteiger partial charge in [-0.05, 0) is 66.7 Å². The van der Waals surface area contributed by atoms with E-state index in [1.165, 1.54) is 73.8 Å². The first kappa shape index (κ1) is 25.2. The summed E-state index contributed by atoms with van der Waals surface area (Å²) in [6.45, 7) is 0. The molecular weight excluding hydrogens is 531 g/mol. The van der Waals surface area contributed by atoms with E-state index in [2.05, 4.69) is 10.1 Å². The number of hydrogen-bond acceptors (Lipinski definition) is 7. The SMILES string of the molecule is COC(=O)c1ccc(OC(=O)c2ccc(NC3=C(Cl)C(=O)N(c4cc(Cl)ccc4Cl)C3=O)cc2)cc1. The van der Waals surface area contributed by atoms with Gasteiger partial charge in [0.1, 0.15) is 16.5 Å². The fraction of sp³-hybridized carbons (Fsp3) is 0.0400. The Kier molecular flexibility index (Phi) is 7.30. The number of hydrogen-bond donors (Lipinski definition) is 1. The summed E-state index contributed by atoms with van der Waals surface area (Å²) >= 11 is 18.3. The maximum absolute atomic E-state index is 13.0. The number of amides is 2. The molecule has 0 aliphatic carbocycles. The lowest BCUT2D eigenvalue weighted by Crippen LogP contribution is -2.32. The molecule has 0 fully saturated rings. The molecule has 1 N–H and O–H groups in total. The Morgan fingerprint density at radius 1 is 0.806 bits per heavy atom. The topological polar surface area (TPSA) is 102 Å². The molecule has 182 valence electrons. The van der Waals surface area contributed by atoms with E-state index in [9.17, 15) is 19.2 Å². The number of methoxy groups -OCH3 is 1. The Hall–Kier alpha value is -3.85. The summed E-state index contributed by atoms with van der Waals surface area (Å²) in [5, 5.41) is 2.92. The third-order valence-corrected chi connectivity index (χ3v) is 5.96. The zero-order chi connectivity index (χ0) is 26.0. The Morgan fingerprint density at radius 3 is 2.06 bits per heavy atom. The van der Waals surface area contributed by atoms with Crippen LogP contribution >= 0.6 is 34.8 Å². The van der Waals surface area contributed by atoms with Gasteiger partial charge >= 0.3 is 11.9 Å². The van der Waals surface area contributed by atoms with Crippen molar-refractivity contribution in [1.29, 1.82) is 0 Å². The first-order valence-electron chi connectivity index (χ1n) is 10.2. The highest BCUT2D eigenvalue weighted by Gasteiger charge is 2.40. The van der Waals surface area contributed by atoms with Gasteiger partial charge in [0.15, 0.2) is 0 Å². The minimum Gasteiger partial charge on any atom is -0.465 e. The van der Waals surface area contributed by atoms with Gasteiger partial charge in [0, 0.05) is 10.7 Å². The number of halogens is 3. The second-order valence-electron chi connectivity index (χ2n) is 7.34. The number of carbonyl (C=O) groups is 4. The van der Waals surface area contributed by atoms with Crippen LogP contribution in [0.4, 0.5) is 11.4 Å². The number of imide groups is 1. The van der Waals surface area contributed by atoms with E-state index in [1.807, 2.05) is 0 Å². The molecule has 0 spiro atoms. The molecule has 3 aromatic carbocycles. The van der Waals surface area contributed by atoms with E-state index in [4.69, 9.17) is 39.5 Å². The fourth-order valence-electron chi connectivity index (χ4n) is 3.26. The van der Waals surface area contributed by atoms with Crippen LogP contribution < -0.4 is 15.0 Å². The molecule has 2 amide bonds. The van der Waals surface area contributed by atoms with Crippen LogP contribution in [0.5, 0.6) is 5.75 Å². The zero-order valence-corrected chi connectivity index (χ0v) is 20.6. The van der Waals surface area contributed by atoms with Crippen molar-refractivity contribution in [3.05, 3.63) is 98.6 Å². The number of ether oxygens (including phenoxy) is 2. The van der Waals surface area contributed by atoms with Crippen LogP contribution in [0.3, 0.4) is 0 Å². The average molecular weight is 546 g/mol. The molecular formula is C25H15Cl3N2O6. The average Bonchev–Trinajstić information content (AvgIpc) is 3.08. The summed E-state index contributed by atoms with van der Waals surface area (Å²) in [5.41, 5.74) is 0.878. The zero-order valence-electron chi connectivity index (χ0n) is 18.4. The summed E-state index contributed by atoms with van der Waals surface area (Å²) < 4.78 is 9.93. The smallest absolute Gasteiger partial charge is 0.343 e. The van der Waals surface area contributed by atoms with Crippen molar-refractivity contribution in [2.75, 3.05) is 17.3 Å². The number of rotatable bonds is 6. The third kappa shape index (κ3) is 5.06. The predicted octanol–water partition coefficient (Wildman–Crippen LogP) is 5.43. The molecule has 0 radical (unpaired) electrons. The Morgan fingerprint density at radius 2 is 1.42 bits per heavy atom. The maximum atomic E-state index is 13.0. The number of carbonyl (C=O) groups excluding carboxylic acids is 4. The third-order valence-electron chi connectivity index (χ3n) is 5.05. The summed E-state index contributed by atoms with van der Waals surface area (Å²) in [4.78, 5) is 50.4. The lowest BCUT2D eigenvalue weighted by Gasteiger charge is -2.17. The largest absolute Gasteiger partial charge is 0.465 e. The van der Waals surface area contributed by atoms with E-state index < -0.39 is 23.8 Å². The van der Waals surface area contributed by atoms with Gasteiger partial charge in [-0.25, -0.2) is 14.5 Å². The van der Waals surface area contributed by atoms with Gasteiger partial charge < -0.3 is 14.8 Å². The standard InChI is InChI=1S/C25H15Cl3N2O6/c1-35-24(33)13-4-9-17(10-5-13)36-25(34)14-2-7-16(8-3-14)29-21-20(28)22(31)30(23(21)32)19-12-15(26)6-11-18(19)27/h2-12,29H,1H3. The van der Waals surface area contributed by atoms with Crippen molar-refractivity contribution in [3.8, 4) is 5.75 Å². The highest BCUT2D eigenvalue weighted by atomic mass is 35.5. The molecule has 3 aromatic rings. The van der Waals surface area contributed by atoms with Crippen LogP contribution in [0.25, 0.3) is 0 Å². The van der Waals surface area contributed by atoms with Crippen LogP contribution in [0.2, 0.25) is 10.0 Å². The lowest BCUT2D eigenvalue weighted by atomic mass is 10.2. The summed E-state index contributed by atoms with van der Waals surface area (Å²) in [7, 11) is 1.27. The molecule has 4 rings (SSSR count). The molecule has 1 aliphatic heterocycles. The predicted molar refractivity (Wildman–Crippen MR) is 135 cm³/mol. The first-order chi connectivity index (χ1) is 17.2. The number of anilines is 2. The minimum absolute atomic E-state index is 0.104. The van der Waals surface area contributed by atoms with Crippen LogP contribution in [-0.2, 0) is 14.3 Å². The van der Waals surface area contributed by atoms with Crippen molar-refractivity contribution >= 4 is 69.9 Å². The van der Waals surface area contributed by atoms with Gasteiger partial charge in [0.25, 0.3) is 11.8 Å². The summed E-state index contributed by atoms with van der Waals surface area (Å²) in [6.07, 6.45) is 0. The van der Waals surface area contributed by atoms with Gasteiger partial charge in [0.2, 0.25) is 0 Å². The van der Waals surface area contributed by atoms with Gasteiger partial charge in [-0.1, -0.05) is 34.8 Å². The highest BCUT2D eigenvalue weighted by molar-refractivity contribution is 6.54. The Balaban J connectivity index is 1.46. The lowest BCUT2D eigenvalue weighted by molar-refractivity contribution is -0.120. The quantitative estimate of drug-likeness (QED) is 0.250. The summed E-state index contributed by atoms with van der Waals surface area (Å²) in [5.74, 6) is -2.38. The van der Waals surface area contributed by atoms with Gasteiger partial charge in [-0.15, -0.1) is 0 Å². The van der Waals surface area contributed by atoms with Crippen molar-refractivity contribution in [1.82, 2.24) is 0 Å². The highest BCUT2D eigenvalue weighted by Crippen LogP contribution is 2.35. The number of esters is 2. The van der Waals surface area contributed by atoms with Crippen molar-refractivity contribution in [3.63, 3.8) is 0 Å². The molecule has 0 unspecified atom stereocenters. The Bertz CT molecular complexity index is 1420. The second-order valence-corrected chi connectivity index (χ2v) is 8.56. The Labute approximate surface area is 219 Å². The van der Waals surface area contributed by atoms with Crippen molar-refractivity contribution in [2.24, 2.45) is 0 Å². The maximum Gasteiger partial charge on any atom is 0.343 e. The van der Waals surface area contributed by atoms with Gasteiger partial charge in [-0.3, -0.25) is 9.59 Å². The molecule has 0 bridgehead atoms. The van der Waals surface area contributed by atoms with Gasteiger partial charge in [-0.2, -0.15) is 0 Å². The van der Waals surface area contributed by atoms with E-state index in [-0.39, 0.29) is 37.8 Å². The molecule has 1 heterocycles. The molecule has 0 aromatic heterocycles. The normalized spacial score (nSPS) is 13.2. The molecule has 36 heavy (non-hydrogen) atoms. The second kappa shape index (κ2) is 10.4. The molecule has 8 nitrogen and oxygen atoms in total. The van der Waals surface area contributed by atoms with E-state index >= 15 is 0 Å². The minimum atomic E-state index is -0.758. The molecule has 11 heteroatoms. The van der Waals surface area contributed by atoms with Crippen molar-refractivity contribution in [2.45, 2.75) is 0 Å². The molecule has 0 saturated carbocycles.